The predicted octanol–water partition coefficient (Wildman–Crippen LogP) is 3.84. The van der Waals surface area contributed by atoms with E-state index in [9.17, 15) is 14.7 Å². The van der Waals surface area contributed by atoms with Crippen molar-refractivity contribution in [1.82, 2.24) is 0 Å². The van der Waals surface area contributed by atoms with Gasteiger partial charge in [0, 0.05) is 11.8 Å². The first-order valence-electron chi connectivity index (χ1n) is 9.70. The average Bonchev–Trinajstić information content (AvgIpc) is 2.81. The molecule has 0 amide bonds. The second-order valence-electron chi connectivity index (χ2n) is 9.38. The van der Waals surface area contributed by atoms with E-state index in [2.05, 4.69) is 13.8 Å². The van der Waals surface area contributed by atoms with Gasteiger partial charge in [-0.2, -0.15) is 0 Å². The molecule has 3 fully saturated rings. The molecule has 1 unspecified atom stereocenters. The van der Waals surface area contributed by atoms with Crippen LogP contribution in [0.1, 0.15) is 72.1 Å². The highest BCUT2D eigenvalue weighted by atomic mass is 16.3. The van der Waals surface area contributed by atoms with Crippen LogP contribution >= 0.6 is 0 Å². The van der Waals surface area contributed by atoms with Gasteiger partial charge in [0.1, 0.15) is 5.60 Å². The van der Waals surface area contributed by atoms with Crippen LogP contribution in [-0.4, -0.2) is 22.3 Å². The van der Waals surface area contributed by atoms with Crippen LogP contribution in [0.3, 0.4) is 0 Å². The number of hydrogen-bond donors (Lipinski definition) is 1. The zero-order valence-corrected chi connectivity index (χ0v) is 15.2. The van der Waals surface area contributed by atoms with Crippen molar-refractivity contribution in [3.63, 3.8) is 0 Å². The smallest absolute Gasteiger partial charge is 0.161 e. The molecule has 132 valence electrons. The van der Waals surface area contributed by atoms with Crippen LogP contribution in [0.2, 0.25) is 0 Å². The third kappa shape index (κ3) is 1.88. The zero-order valence-electron chi connectivity index (χ0n) is 15.2. The Balaban J connectivity index is 1.70. The lowest BCUT2D eigenvalue weighted by atomic mass is 9.46. The highest BCUT2D eigenvalue weighted by Gasteiger charge is 2.65. The Bertz CT molecular complexity index is 635. The van der Waals surface area contributed by atoms with Gasteiger partial charge in [-0.1, -0.05) is 19.4 Å². The van der Waals surface area contributed by atoms with Crippen LogP contribution in [0.4, 0.5) is 0 Å². The van der Waals surface area contributed by atoms with Crippen molar-refractivity contribution in [2.75, 3.05) is 0 Å². The van der Waals surface area contributed by atoms with Gasteiger partial charge in [0.15, 0.2) is 11.6 Å². The molecule has 4 rings (SSSR count). The molecular weight excluding hydrogens is 300 g/mol. The standard InChI is InChI=1S/C21H30O3/c1-13(22)21(24)11-8-18-16-5-4-14-12-15(23)6-9-19(14,2)17(16)7-10-20(18,21)3/h12,16-18,24H,4-11H2,1-3H3/t16-,17-,18+,19-,20+,21?/m1/s1. The monoisotopic (exact) mass is 330 g/mol. The lowest BCUT2D eigenvalue weighted by Crippen LogP contribution is -2.57. The van der Waals surface area contributed by atoms with E-state index < -0.39 is 5.60 Å². The van der Waals surface area contributed by atoms with Gasteiger partial charge in [0.25, 0.3) is 0 Å². The lowest BCUT2D eigenvalue weighted by molar-refractivity contribution is -0.160. The first-order valence-corrected chi connectivity index (χ1v) is 9.70. The van der Waals surface area contributed by atoms with Crippen LogP contribution in [-0.2, 0) is 9.59 Å². The molecule has 1 N–H and O–H groups in total. The molecule has 3 saturated carbocycles. The predicted molar refractivity (Wildman–Crippen MR) is 92.3 cm³/mol. The van der Waals surface area contributed by atoms with Crippen molar-refractivity contribution in [3.05, 3.63) is 11.6 Å². The van der Waals surface area contributed by atoms with E-state index >= 15 is 0 Å². The van der Waals surface area contributed by atoms with Crippen molar-refractivity contribution in [3.8, 4) is 0 Å². The van der Waals surface area contributed by atoms with Crippen molar-refractivity contribution in [2.24, 2.45) is 28.6 Å². The molecule has 0 spiro atoms. The second-order valence-corrected chi connectivity index (χ2v) is 9.38. The molecule has 4 aliphatic carbocycles. The molecule has 0 saturated heterocycles. The first-order chi connectivity index (χ1) is 11.2. The van der Waals surface area contributed by atoms with Crippen molar-refractivity contribution < 1.29 is 14.7 Å². The molecule has 0 aromatic rings. The SMILES string of the molecule is CC(=O)C1(O)CC[C@H]2[C@@H]3CCC4=CC(=O)CC[C@@]4(C)[C@@H]3CC[C@@]21C. The maximum atomic E-state index is 12.2. The van der Waals surface area contributed by atoms with E-state index in [0.717, 1.165) is 38.5 Å². The number of fused-ring (bicyclic) bond motifs is 5. The van der Waals surface area contributed by atoms with E-state index in [4.69, 9.17) is 0 Å². The number of rotatable bonds is 1. The summed E-state index contributed by atoms with van der Waals surface area (Å²) in [4.78, 5) is 24.1. The highest BCUT2D eigenvalue weighted by Crippen LogP contribution is 2.67. The van der Waals surface area contributed by atoms with Gasteiger partial charge in [0.2, 0.25) is 0 Å². The summed E-state index contributed by atoms with van der Waals surface area (Å²) in [5, 5.41) is 11.1. The molecule has 24 heavy (non-hydrogen) atoms. The number of hydrogen-bond acceptors (Lipinski definition) is 3. The van der Waals surface area contributed by atoms with Gasteiger partial charge in [0.05, 0.1) is 0 Å². The average molecular weight is 330 g/mol. The van der Waals surface area contributed by atoms with Crippen LogP contribution in [0, 0.1) is 28.6 Å². The third-order valence-corrected chi connectivity index (χ3v) is 8.70. The number of allylic oxidation sites excluding steroid dienone is 1. The lowest BCUT2D eigenvalue weighted by Gasteiger charge is -2.58. The molecule has 3 heteroatoms. The number of carbonyl (C=O) groups is 2. The Kier molecular flexibility index (Phi) is 3.46. The Morgan fingerprint density at radius 3 is 2.50 bits per heavy atom. The van der Waals surface area contributed by atoms with Gasteiger partial charge in [-0.25, -0.2) is 0 Å². The summed E-state index contributed by atoms with van der Waals surface area (Å²) in [6.07, 6.45) is 9.37. The van der Waals surface area contributed by atoms with Crippen LogP contribution in [0.25, 0.3) is 0 Å². The molecule has 3 nitrogen and oxygen atoms in total. The fourth-order valence-corrected chi connectivity index (χ4v) is 7.15. The normalized spacial score (nSPS) is 50.6. The Hall–Kier alpha value is -0.960. The minimum Gasteiger partial charge on any atom is -0.382 e. The number of aliphatic hydroxyl groups is 1. The Labute approximate surface area is 144 Å². The van der Waals surface area contributed by atoms with Crippen molar-refractivity contribution in [2.45, 2.75) is 77.7 Å². The van der Waals surface area contributed by atoms with Crippen LogP contribution in [0.15, 0.2) is 11.6 Å². The van der Waals surface area contributed by atoms with Gasteiger partial charge in [-0.15, -0.1) is 0 Å². The summed E-state index contributed by atoms with van der Waals surface area (Å²) in [6, 6.07) is 0. The summed E-state index contributed by atoms with van der Waals surface area (Å²) in [5.41, 5.74) is 0.155. The fraction of sp³-hybridized carbons (Fsp3) is 0.810. The minimum atomic E-state index is -1.12. The molecule has 0 heterocycles. The summed E-state index contributed by atoms with van der Waals surface area (Å²) < 4.78 is 0. The van der Waals surface area contributed by atoms with E-state index in [0.29, 0.717) is 36.4 Å². The van der Waals surface area contributed by atoms with Gasteiger partial charge >= 0.3 is 0 Å². The summed E-state index contributed by atoms with van der Waals surface area (Å²) in [7, 11) is 0. The Morgan fingerprint density at radius 2 is 1.79 bits per heavy atom. The zero-order chi connectivity index (χ0) is 17.3. The highest BCUT2D eigenvalue weighted by molar-refractivity contribution is 5.91. The number of carbonyl (C=O) groups excluding carboxylic acids is 2. The second kappa shape index (κ2) is 5.03. The van der Waals surface area contributed by atoms with Gasteiger partial charge in [-0.05, 0) is 81.1 Å². The maximum absolute atomic E-state index is 12.2. The van der Waals surface area contributed by atoms with Crippen LogP contribution in [0.5, 0.6) is 0 Å². The molecule has 6 atom stereocenters. The quantitative estimate of drug-likeness (QED) is 0.795. The topological polar surface area (TPSA) is 54.4 Å². The van der Waals surface area contributed by atoms with Gasteiger partial charge < -0.3 is 5.11 Å². The molecule has 0 aliphatic heterocycles. The van der Waals surface area contributed by atoms with E-state index in [-0.39, 0.29) is 16.6 Å². The van der Waals surface area contributed by atoms with E-state index in [1.807, 2.05) is 6.08 Å². The van der Waals surface area contributed by atoms with E-state index in [1.165, 1.54) is 5.57 Å². The fourth-order valence-electron chi connectivity index (χ4n) is 7.15. The molecule has 0 radical (unpaired) electrons. The van der Waals surface area contributed by atoms with Crippen LogP contribution < -0.4 is 0 Å². The minimum absolute atomic E-state index is 0.0446. The first kappa shape index (κ1) is 16.5. The maximum Gasteiger partial charge on any atom is 0.161 e. The molecule has 4 aliphatic rings. The summed E-state index contributed by atoms with van der Waals surface area (Å²) in [6.45, 7) is 6.10. The molecule has 0 aromatic heterocycles. The van der Waals surface area contributed by atoms with Gasteiger partial charge in [-0.3, -0.25) is 9.59 Å². The molecule has 0 aromatic carbocycles. The molecular formula is C21H30O3. The Morgan fingerprint density at radius 1 is 1.08 bits per heavy atom. The van der Waals surface area contributed by atoms with Crippen molar-refractivity contribution >= 4 is 11.6 Å². The van der Waals surface area contributed by atoms with E-state index in [1.54, 1.807) is 6.92 Å². The summed E-state index contributed by atoms with van der Waals surface area (Å²) in [5.74, 6) is 1.90. The third-order valence-electron chi connectivity index (χ3n) is 8.70. The summed E-state index contributed by atoms with van der Waals surface area (Å²) >= 11 is 0. The molecule has 0 bridgehead atoms. The van der Waals surface area contributed by atoms with Crippen molar-refractivity contribution in [1.29, 1.82) is 0 Å². The number of ketones is 2. The largest absolute Gasteiger partial charge is 0.382 e. The number of Topliss-reactive ketones (excluding diaryl/α,β-unsaturated/α-hetero) is 1.